The molecule has 2 atom stereocenters. The summed E-state index contributed by atoms with van der Waals surface area (Å²) < 4.78 is 6.13. The number of aromatic amines is 1. The number of fused-ring (bicyclic) bond motifs is 7. The molecule has 0 radical (unpaired) electrons. The number of ether oxygens (including phenoxy) is 1. The normalized spacial score (nSPS) is 25.3. The zero-order valence-corrected chi connectivity index (χ0v) is 14.2. The van der Waals surface area contributed by atoms with Gasteiger partial charge in [-0.25, -0.2) is 0 Å². The van der Waals surface area contributed by atoms with Crippen molar-refractivity contribution < 1.29 is 4.74 Å². The third-order valence-corrected chi connectivity index (χ3v) is 7.42. The summed E-state index contributed by atoms with van der Waals surface area (Å²) in [6, 6.07) is 12.6. The third kappa shape index (κ3) is 1.86. The van der Waals surface area contributed by atoms with Crippen LogP contribution in [0.3, 0.4) is 0 Å². The van der Waals surface area contributed by atoms with E-state index in [1.165, 1.54) is 32.5 Å². The quantitative estimate of drug-likeness (QED) is 0.665. The first-order chi connectivity index (χ1) is 11.2. The number of hydrogen-bond donors (Lipinski definition) is 1. The highest BCUT2D eigenvalue weighted by Gasteiger charge is 2.47. The maximum absolute atomic E-state index is 11.9. The van der Waals surface area contributed by atoms with Crippen LogP contribution in [0.4, 0.5) is 0 Å². The van der Waals surface area contributed by atoms with Crippen LogP contribution in [0.25, 0.3) is 10.8 Å². The highest BCUT2D eigenvalue weighted by Crippen LogP contribution is 2.57. The second-order valence-electron chi connectivity index (χ2n) is 6.57. The van der Waals surface area contributed by atoms with Crippen molar-refractivity contribution in [2.24, 2.45) is 5.41 Å². The Labute approximate surface area is 141 Å². The number of hydrogen-bond acceptors (Lipinski definition) is 4. The van der Waals surface area contributed by atoms with E-state index in [1.807, 2.05) is 0 Å². The minimum atomic E-state index is 0.0138. The predicted octanol–water partition coefficient (Wildman–Crippen LogP) is 4.23. The van der Waals surface area contributed by atoms with Gasteiger partial charge in [0, 0.05) is 27.5 Å². The van der Waals surface area contributed by atoms with Crippen molar-refractivity contribution in [3.63, 3.8) is 0 Å². The fourth-order valence-corrected chi connectivity index (χ4v) is 6.34. The summed E-state index contributed by atoms with van der Waals surface area (Å²) in [5.41, 5.74) is 1.26. The molecule has 0 bridgehead atoms. The molecule has 3 nitrogen and oxygen atoms in total. The van der Waals surface area contributed by atoms with Crippen LogP contribution in [-0.2, 0) is 0 Å². The van der Waals surface area contributed by atoms with Gasteiger partial charge in [0.05, 0.1) is 11.6 Å². The maximum Gasteiger partial charge on any atom is 0.305 e. The van der Waals surface area contributed by atoms with Crippen molar-refractivity contribution in [1.29, 1.82) is 0 Å². The number of rotatable bonds is 0. The summed E-state index contributed by atoms with van der Waals surface area (Å²) in [6.07, 6.45) is 0. The molecule has 1 N–H and O–H groups in total. The lowest BCUT2D eigenvalue weighted by Crippen LogP contribution is -2.40. The number of thioether (sulfide) groups is 1. The van der Waals surface area contributed by atoms with Gasteiger partial charge in [-0.2, -0.15) is 0 Å². The molecule has 3 aromatic rings. The Hall–Kier alpha value is -1.72. The predicted molar refractivity (Wildman–Crippen MR) is 95.1 cm³/mol. The zero-order chi connectivity index (χ0) is 15.6. The molecule has 0 saturated carbocycles. The molecule has 2 aliphatic rings. The first kappa shape index (κ1) is 13.7. The summed E-state index contributed by atoms with van der Waals surface area (Å²) in [6.45, 7) is 2.98. The molecule has 0 fully saturated rings. The molecule has 0 saturated heterocycles. The number of nitrogens with one attached hydrogen (secondary N) is 1. The fraction of sp³-hybridized carbons (Fsp3) is 0.278. The molecular weight excluding hydrogens is 326 g/mol. The molecule has 2 aromatic carbocycles. The summed E-state index contributed by atoms with van der Waals surface area (Å²) in [4.78, 5) is 16.2. The van der Waals surface area contributed by atoms with Crippen LogP contribution in [0.2, 0.25) is 0 Å². The van der Waals surface area contributed by atoms with Crippen molar-refractivity contribution in [3.8, 4) is 5.75 Å². The summed E-state index contributed by atoms with van der Waals surface area (Å²) in [5, 5.41) is 3.50. The van der Waals surface area contributed by atoms with Crippen LogP contribution in [-0.4, -0.2) is 17.3 Å². The van der Waals surface area contributed by atoms with E-state index in [0.29, 0.717) is 6.61 Å². The van der Waals surface area contributed by atoms with E-state index in [1.54, 1.807) is 11.8 Å². The molecule has 5 rings (SSSR count). The summed E-state index contributed by atoms with van der Waals surface area (Å²) >= 11 is 3.11. The van der Waals surface area contributed by atoms with Gasteiger partial charge in [-0.05, 0) is 16.8 Å². The van der Waals surface area contributed by atoms with E-state index in [9.17, 15) is 4.79 Å². The van der Waals surface area contributed by atoms with Gasteiger partial charge in [-0.15, -0.1) is 11.8 Å². The van der Waals surface area contributed by atoms with Gasteiger partial charge in [-0.1, -0.05) is 48.6 Å². The van der Waals surface area contributed by atoms with Gasteiger partial charge in [0.15, 0.2) is 0 Å². The van der Waals surface area contributed by atoms with E-state index in [4.69, 9.17) is 4.74 Å². The summed E-state index contributed by atoms with van der Waals surface area (Å²) in [7, 11) is 0. The van der Waals surface area contributed by atoms with Crippen LogP contribution in [0.1, 0.15) is 23.3 Å². The first-order valence-electron chi connectivity index (χ1n) is 7.66. The van der Waals surface area contributed by atoms with Gasteiger partial charge in [0.25, 0.3) is 0 Å². The summed E-state index contributed by atoms with van der Waals surface area (Å²) in [5.74, 6) is 2.14. The molecular formula is C18H15NO2S2. The molecule has 23 heavy (non-hydrogen) atoms. The van der Waals surface area contributed by atoms with E-state index < -0.39 is 0 Å². The highest BCUT2D eigenvalue weighted by atomic mass is 32.2. The smallest absolute Gasteiger partial charge is 0.305 e. The van der Waals surface area contributed by atoms with Gasteiger partial charge in [0.1, 0.15) is 5.75 Å². The van der Waals surface area contributed by atoms with Crippen molar-refractivity contribution in [1.82, 2.24) is 4.98 Å². The molecule has 0 aliphatic carbocycles. The van der Waals surface area contributed by atoms with E-state index in [2.05, 4.69) is 48.3 Å². The Morgan fingerprint density at radius 1 is 1.26 bits per heavy atom. The Morgan fingerprint density at radius 2 is 2.13 bits per heavy atom. The number of benzene rings is 2. The van der Waals surface area contributed by atoms with Gasteiger partial charge < -0.3 is 9.72 Å². The van der Waals surface area contributed by atoms with E-state index >= 15 is 0 Å². The molecule has 2 unspecified atom stereocenters. The van der Waals surface area contributed by atoms with Gasteiger partial charge >= 0.3 is 4.87 Å². The van der Waals surface area contributed by atoms with Crippen LogP contribution >= 0.6 is 23.1 Å². The van der Waals surface area contributed by atoms with E-state index in [0.717, 1.165) is 16.5 Å². The lowest BCUT2D eigenvalue weighted by Gasteiger charge is -2.44. The standard InChI is InChI=1S/C18H15NO2S2/c1-18-8-21-12-7-6-10-4-2-3-5-11(10)13(12)14(18)15-16(22-9-18)19-17(20)23-15/h2-7,14H,8-9H2,1H3,(H,19,20). The molecule has 3 heterocycles. The maximum atomic E-state index is 11.9. The van der Waals surface area contributed by atoms with Crippen LogP contribution < -0.4 is 9.61 Å². The fourth-order valence-electron chi connectivity index (χ4n) is 3.81. The lowest BCUT2D eigenvalue weighted by atomic mass is 9.71. The third-order valence-electron chi connectivity index (χ3n) is 4.92. The molecule has 0 amide bonds. The van der Waals surface area contributed by atoms with Crippen molar-refractivity contribution in [3.05, 3.63) is 56.5 Å². The Balaban J connectivity index is 1.87. The lowest BCUT2D eigenvalue weighted by molar-refractivity contribution is 0.138. The SMILES string of the molecule is CC12COc3ccc4ccccc4c3C1c1sc(=O)[nH]c1SC2. The number of thiazole rings is 1. The largest absolute Gasteiger partial charge is 0.493 e. The zero-order valence-electron chi connectivity index (χ0n) is 12.6. The minimum absolute atomic E-state index is 0.0138. The van der Waals surface area contributed by atoms with Crippen molar-refractivity contribution >= 4 is 33.9 Å². The number of aromatic nitrogens is 1. The molecule has 116 valence electrons. The molecule has 5 heteroatoms. The molecule has 1 aromatic heterocycles. The van der Waals surface area contributed by atoms with Crippen LogP contribution in [0.5, 0.6) is 5.75 Å². The highest BCUT2D eigenvalue weighted by molar-refractivity contribution is 7.99. The molecule has 0 spiro atoms. The Kier molecular flexibility index (Phi) is 2.77. The topological polar surface area (TPSA) is 42.1 Å². The average molecular weight is 341 g/mol. The van der Waals surface area contributed by atoms with Gasteiger partial charge in [0.2, 0.25) is 0 Å². The first-order valence-corrected chi connectivity index (χ1v) is 9.46. The Bertz CT molecular complexity index is 990. The Morgan fingerprint density at radius 3 is 3.04 bits per heavy atom. The minimum Gasteiger partial charge on any atom is -0.493 e. The monoisotopic (exact) mass is 341 g/mol. The van der Waals surface area contributed by atoms with Gasteiger partial charge in [-0.3, -0.25) is 4.79 Å². The second kappa shape index (κ2) is 4.65. The average Bonchev–Trinajstić information content (AvgIpc) is 2.94. The van der Waals surface area contributed by atoms with Crippen molar-refractivity contribution in [2.45, 2.75) is 17.9 Å². The van der Waals surface area contributed by atoms with E-state index in [-0.39, 0.29) is 16.2 Å². The second-order valence-corrected chi connectivity index (χ2v) is 8.57. The van der Waals surface area contributed by atoms with Crippen LogP contribution in [0.15, 0.2) is 46.2 Å². The van der Waals surface area contributed by atoms with Crippen LogP contribution in [0, 0.1) is 5.41 Å². The van der Waals surface area contributed by atoms with Crippen molar-refractivity contribution in [2.75, 3.05) is 12.4 Å². The number of H-pyrrole nitrogens is 1. The molecule has 2 aliphatic heterocycles.